The van der Waals surface area contributed by atoms with Crippen molar-refractivity contribution in [2.24, 2.45) is 0 Å². The Morgan fingerprint density at radius 3 is 2.39 bits per heavy atom. The molecule has 8 heteroatoms. The molecular weight excluding hydrogens is 410 g/mol. The highest BCUT2D eigenvalue weighted by Crippen LogP contribution is 2.28. The van der Waals surface area contributed by atoms with E-state index in [1.807, 2.05) is 72.2 Å². The molecule has 0 aliphatic carbocycles. The van der Waals surface area contributed by atoms with Crippen molar-refractivity contribution >= 4 is 23.4 Å². The van der Waals surface area contributed by atoms with Gasteiger partial charge in [-0.2, -0.15) is 0 Å². The lowest BCUT2D eigenvalue weighted by atomic mass is 10.2. The van der Waals surface area contributed by atoms with E-state index in [0.29, 0.717) is 11.0 Å². The predicted octanol–water partition coefficient (Wildman–Crippen LogP) is 4.38. The van der Waals surface area contributed by atoms with Crippen LogP contribution in [-0.4, -0.2) is 38.5 Å². The average Bonchev–Trinajstić information content (AvgIpc) is 3.24. The van der Waals surface area contributed by atoms with Crippen molar-refractivity contribution in [3.05, 3.63) is 78.6 Å². The number of methoxy groups -OCH3 is 1. The Balaban J connectivity index is 1.58. The van der Waals surface area contributed by atoms with Crippen molar-refractivity contribution in [1.82, 2.24) is 19.7 Å². The molecule has 0 spiro atoms. The van der Waals surface area contributed by atoms with Crippen LogP contribution in [0.4, 0.5) is 5.69 Å². The molecule has 156 valence electrons. The molecule has 0 aliphatic rings. The number of aryl methyl sites for hydroxylation is 1. The van der Waals surface area contributed by atoms with Crippen LogP contribution >= 0.6 is 11.8 Å². The second kappa shape index (κ2) is 9.44. The van der Waals surface area contributed by atoms with Gasteiger partial charge < -0.3 is 10.1 Å². The molecule has 1 N–H and O–H groups in total. The van der Waals surface area contributed by atoms with Crippen LogP contribution in [0.1, 0.15) is 5.56 Å². The van der Waals surface area contributed by atoms with Crippen LogP contribution in [0.25, 0.3) is 17.1 Å². The topological polar surface area (TPSA) is 81.9 Å². The Morgan fingerprint density at radius 2 is 1.71 bits per heavy atom. The zero-order chi connectivity index (χ0) is 21.6. The van der Waals surface area contributed by atoms with Gasteiger partial charge in [-0.1, -0.05) is 29.5 Å². The molecular formula is C23H21N5O2S. The summed E-state index contributed by atoms with van der Waals surface area (Å²) in [7, 11) is 1.63. The molecule has 0 fully saturated rings. The Labute approximate surface area is 184 Å². The Hall–Kier alpha value is -3.65. The van der Waals surface area contributed by atoms with E-state index in [4.69, 9.17) is 4.74 Å². The van der Waals surface area contributed by atoms with Crippen molar-refractivity contribution in [2.75, 3.05) is 18.2 Å². The minimum atomic E-state index is -0.108. The maximum Gasteiger partial charge on any atom is 0.234 e. The summed E-state index contributed by atoms with van der Waals surface area (Å²) in [4.78, 5) is 16.5. The third kappa shape index (κ3) is 4.92. The zero-order valence-corrected chi connectivity index (χ0v) is 18.0. The number of aromatic nitrogens is 4. The quantitative estimate of drug-likeness (QED) is 0.438. The van der Waals surface area contributed by atoms with Gasteiger partial charge in [0.25, 0.3) is 0 Å². The fourth-order valence-corrected chi connectivity index (χ4v) is 3.73. The van der Waals surface area contributed by atoms with E-state index in [1.165, 1.54) is 11.8 Å². The van der Waals surface area contributed by atoms with Gasteiger partial charge in [-0.3, -0.25) is 14.3 Å². The maximum absolute atomic E-state index is 12.5. The molecule has 0 aliphatic heterocycles. The number of amides is 1. The van der Waals surface area contributed by atoms with Crippen molar-refractivity contribution in [1.29, 1.82) is 0 Å². The summed E-state index contributed by atoms with van der Waals surface area (Å²) < 4.78 is 7.20. The zero-order valence-electron chi connectivity index (χ0n) is 17.1. The van der Waals surface area contributed by atoms with Gasteiger partial charge in [0, 0.05) is 29.3 Å². The van der Waals surface area contributed by atoms with Gasteiger partial charge in [0.1, 0.15) is 5.75 Å². The number of ether oxygens (including phenoxy) is 1. The molecule has 0 saturated heterocycles. The number of hydrogen-bond acceptors (Lipinski definition) is 6. The lowest BCUT2D eigenvalue weighted by molar-refractivity contribution is -0.113. The second-order valence-electron chi connectivity index (χ2n) is 6.78. The number of rotatable bonds is 7. The first kappa shape index (κ1) is 20.6. The summed E-state index contributed by atoms with van der Waals surface area (Å²) >= 11 is 1.33. The third-order valence-corrected chi connectivity index (χ3v) is 5.50. The molecule has 31 heavy (non-hydrogen) atoms. The van der Waals surface area contributed by atoms with Gasteiger partial charge in [0.2, 0.25) is 5.91 Å². The highest BCUT2D eigenvalue weighted by Gasteiger charge is 2.17. The molecule has 0 bridgehead atoms. The van der Waals surface area contributed by atoms with Crippen molar-refractivity contribution < 1.29 is 9.53 Å². The van der Waals surface area contributed by atoms with Gasteiger partial charge in [-0.05, 0) is 55.5 Å². The number of nitrogens with zero attached hydrogens (tertiary/aromatic N) is 4. The van der Waals surface area contributed by atoms with Crippen LogP contribution in [0.3, 0.4) is 0 Å². The minimum Gasteiger partial charge on any atom is -0.497 e. The number of hydrogen-bond donors (Lipinski definition) is 1. The van der Waals surface area contributed by atoms with Crippen LogP contribution in [-0.2, 0) is 4.79 Å². The fraction of sp³-hybridized carbons (Fsp3) is 0.130. The number of nitrogens with one attached hydrogen (secondary N) is 1. The molecule has 2 aromatic heterocycles. The van der Waals surface area contributed by atoms with E-state index in [1.54, 1.807) is 19.5 Å². The van der Waals surface area contributed by atoms with Crippen LogP contribution in [0.2, 0.25) is 0 Å². The Morgan fingerprint density at radius 1 is 1.00 bits per heavy atom. The number of anilines is 1. The summed E-state index contributed by atoms with van der Waals surface area (Å²) in [5, 5.41) is 12.3. The average molecular weight is 432 g/mol. The molecule has 2 heterocycles. The summed E-state index contributed by atoms with van der Waals surface area (Å²) in [6.07, 6.45) is 3.43. The molecule has 1 amide bonds. The summed E-state index contributed by atoms with van der Waals surface area (Å²) in [5.74, 6) is 1.53. The highest BCUT2D eigenvalue weighted by atomic mass is 32.2. The van der Waals surface area contributed by atoms with Gasteiger partial charge >= 0.3 is 0 Å². The largest absolute Gasteiger partial charge is 0.497 e. The van der Waals surface area contributed by atoms with E-state index in [2.05, 4.69) is 20.5 Å². The van der Waals surface area contributed by atoms with Gasteiger partial charge in [-0.25, -0.2) is 0 Å². The van der Waals surface area contributed by atoms with Crippen molar-refractivity contribution in [3.63, 3.8) is 0 Å². The fourth-order valence-electron chi connectivity index (χ4n) is 2.98. The molecule has 2 aromatic carbocycles. The van der Waals surface area contributed by atoms with Crippen LogP contribution in [0, 0.1) is 6.92 Å². The number of pyridine rings is 1. The SMILES string of the molecule is COc1ccc(-n2c(SCC(=O)Nc3ccc(C)cc3)nnc2-c2ccncc2)cc1. The predicted molar refractivity (Wildman–Crippen MR) is 122 cm³/mol. The third-order valence-electron chi connectivity index (χ3n) is 4.57. The highest BCUT2D eigenvalue weighted by molar-refractivity contribution is 7.99. The van der Waals surface area contributed by atoms with Crippen LogP contribution < -0.4 is 10.1 Å². The minimum absolute atomic E-state index is 0.108. The van der Waals surface area contributed by atoms with Gasteiger partial charge in [0.15, 0.2) is 11.0 Å². The lowest BCUT2D eigenvalue weighted by Crippen LogP contribution is -2.14. The van der Waals surface area contributed by atoms with Crippen LogP contribution in [0.5, 0.6) is 5.75 Å². The molecule has 0 unspecified atom stereocenters. The number of thioether (sulfide) groups is 1. The van der Waals surface area contributed by atoms with Gasteiger partial charge in [0.05, 0.1) is 12.9 Å². The van der Waals surface area contributed by atoms with E-state index >= 15 is 0 Å². The first-order valence-corrected chi connectivity index (χ1v) is 10.6. The summed E-state index contributed by atoms with van der Waals surface area (Å²) in [6.45, 7) is 2.01. The second-order valence-corrected chi connectivity index (χ2v) is 7.72. The van der Waals surface area contributed by atoms with Crippen molar-refractivity contribution in [2.45, 2.75) is 12.1 Å². The Kier molecular flexibility index (Phi) is 6.28. The molecule has 0 saturated carbocycles. The molecule has 0 radical (unpaired) electrons. The first-order chi connectivity index (χ1) is 15.1. The Bertz CT molecular complexity index is 1160. The first-order valence-electron chi connectivity index (χ1n) is 9.63. The maximum atomic E-state index is 12.5. The summed E-state index contributed by atoms with van der Waals surface area (Å²) in [5.41, 5.74) is 3.67. The van der Waals surface area contributed by atoms with E-state index in [0.717, 1.165) is 28.3 Å². The van der Waals surface area contributed by atoms with Gasteiger partial charge in [-0.15, -0.1) is 10.2 Å². The normalized spacial score (nSPS) is 10.6. The number of benzene rings is 2. The van der Waals surface area contributed by atoms with E-state index < -0.39 is 0 Å². The lowest BCUT2D eigenvalue weighted by Gasteiger charge is -2.11. The molecule has 4 rings (SSSR count). The van der Waals surface area contributed by atoms with Crippen molar-refractivity contribution in [3.8, 4) is 22.8 Å². The smallest absolute Gasteiger partial charge is 0.234 e. The van der Waals surface area contributed by atoms with Crippen LogP contribution in [0.15, 0.2) is 78.2 Å². The molecule has 4 aromatic rings. The molecule has 7 nitrogen and oxygen atoms in total. The van der Waals surface area contributed by atoms with E-state index in [9.17, 15) is 4.79 Å². The standard InChI is InChI=1S/C23H21N5O2S/c1-16-3-5-18(6-4-16)25-21(29)15-31-23-27-26-22(17-11-13-24-14-12-17)28(23)19-7-9-20(30-2)10-8-19/h3-14H,15H2,1-2H3,(H,25,29). The number of carbonyl (C=O) groups is 1. The van der Waals surface area contributed by atoms with E-state index in [-0.39, 0.29) is 11.7 Å². The number of carbonyl (C=O) groups excluding carboxylic acids is 1. The summed E-state index contributed by atoms with van der Waals surface area (Å²) in [6, 6.07) is 19.1. The monoisotopic (exact) mass is 431 g/mol. The molecule has 0 atom stereocenters.